The number of hydrogen-bond donors (Lipinski definition) is 1. The Hall–Kier alpha value is -1.43. The maximum atomic E-state index is 11.8. The Morgan fingerprint density at radius 1 is 1.60 bits per heavy atom. The lowest BCUT2D eigenvalue weighted by atomic mass is 10.3. The quantitative estimate of drug-likeness (QED) is 0.871. The van der Waals surface area contributed by atoms with Gasteiger partial charge in [-0.15, -0.1) is 0 Å². The van der Waals surface area contributed by atoms with Gasteiger partial charge in [-0.2, -0.15) is 0 Å². The zero-order valence-electron chi connectivity index (χ0n) is 7.28. The standard InChI is InChI=1S/C8H6ClF2NO3/c9-4-1-2-6(15-3-5(10)11)12-7(4)8(13)14/h1-2,5H,3H2,(H,13,14). The number of aromatic nitrogens is 1. The van der Waals surface area contributed by atoms with Crippen molar-refractivity contribution in [1.29, 1.82) is 0 Å². The minimum absolute atomic E-state index is 0.0769. The monoisotopic (exact) mass is 237 g/mol. The lowest BCUT2D eigenvalue weighted by Gasteiger charge is -2.05. The number of alkyl halides is 2. The average Bonchev–Trinajstić information content (AvgIpc) is 2.16. The van der Waals surface area contributed by atoms with E-state index < -0.39 is 24.7 Å². The number of carboxylic acids is 1. The number of carboxylic acid groups (broad SMARTS) is 1. The first-order valence-corrected chi connectivity index (χ1v) is 4.19. The van der Waals surface area contributed by atoms with Gasteiger partial charge in [0.1, 0.15) is 0 Å². The smallest absolute Gasteiger partial charge is 0.356 e. The van der Waals surface area contributed by atoms with Gasteiger partial charge in [-0.05, 0) is 6.07 Å². The molecule has 1 rings (SSSR count). The molecular weight excluding hydrogens is 232 g/mol. The average molecular weight is 238 g/mol. The molecule has 0 saturated heterocycles. The fourth-order valence-corrected chi connectivity index (χ4v) is 0.989. The Morgan fingerprint density at radius 2 is 2.27 bits per heavy atom. The molecule has 1 aromatic heterocycles. The van der Waals surface area contributed by atoms with E-state index in [0.717, 1.165) is 0 Å². The van der Waals surface area contributed by atoms with Crippen molar-refractivity contribution < 1.29 is 23.4 Å². The van der Waals surface area contributed by atoms with E-state index in [2.05, 4.69) is 9.72 Å². The summed E-state index contributed by atoms with van der Waals surface area (Å²) >= 11 is 5.51. The Balaban J connectivity index is 2.83. The minimum atomic E-state index is -2.64. The molecule has 0 aliphatic carbocycles. The molecule has 7 heteroatoms. The highest BCUT2D eigenvalue weighted by molar-refractivity contribution is 6.33. The van der Waals surface area contributed by atoms with E-state index in [0.29, 0.717) is 0 Å². The summed E-state index contributed by atoms with van der Waals surface area (Å²) in [7, 11) is 0. The molecular formula is C8H6ClF2NO3. The molecule has 0 spiro atoms. The first-order valence-electron chi connectivity index (χ1n) is 3.81. The van der Waals surface area contributed by atoms with Gasteiger partial charge in [0.15, 0.2) is 12.3 Å². The highest BCUT2D eigenvalue weighted by Gasteiger charge is 2.12. The Kier molecular flexibility index (Phi) is 3.79. The highest BCUT2D eigenvalue weighted by Crippen LogP contribution is 2.18. The molecule has 1 aromatic rings. The highest BCUT2D eigenvalue weighted by atomic mass is 35.5. The maximum Gasteiger partial charge on any atom is 0.356 e. The lowest BCUT2D eigenvalue weighted by molar-refractivity contribution is 0.0684. The summed E-state index contributed by atoms with van der Waals surface area (Å²) in [5, 5.41) is 8.54. The predicted octanol–water partition coefficient (Wildman–Crippen LogP) is 2.08. The second kappa shape index (κ2) is 4.88. The molecule has 0 atom stereocenters. The van der Waals surface area contributed by atoms with Gasteiger partial charge >= 0.3 is 5.97 Å². The van der Waals surface area contributed by atoms with Crippen LogP contribution in [0.25, 0.3) is 0 Å². The summed E-state index contributed by atoms with van der Waals surface area (Å²) in [6.07, 6.45) is -2.64. The lowest BCUT2D eigenvalue weighted by Crippen LogP contribution is -2.10. The van der Waals surface area contributed by atoms with Crippen LogP contribution in [-0.4, -0.2) is 29.1 Å². The van der Waals surface area contributed by atoms with Crippen LogP contribution >= 0.6 is 11.6 Å². The molecule has 0 aliphatic heterocycles. The van der Waals surface area contributed by atoms with Crippen LogP contribution in [0.5, 0.6) is 5.88 Å². The van der Waals surface area contributed by atoms with Crippen molar-refractivity contribution in [2.24, 2.45) is 0 Å². The molecule has 1 N–H and O–H groups in total. The predicted molar refractivity (Wildman–Crippen MR) is 47.7 cm³/mol. The summed E-state index contributed by atoms with van der Waals surface area (Å²) in [5.74, 6) is -1.54. The number of aromatic carboxylic acids is 1. The van der Waals surface area contributed by atoms with Crippen LogP contribution in [0.4, 0.5) is 8.78 Å². The normalized spacial score (nSPS) is 10.4. The minimum Gasteiger partial charge on any atom is -0.476 e. The topological polar surface area (TPSA) is 59.4 Å². The number of carbonyl (C=O) groups is 1. The molecule has 4 nitrogen and oxygen atoms in total. The Bertz CT molecular complexity index is 373. The molecule has 1 heterocycles. The van der Waals surface area contributed by atoms with E-state index >= 15 is 0 Å². The van der Waals surface area contributed by atoms with Crippen LogP contribution in [0.1, 0.15) is 10.5 Å². The maximum absolute atomic E-state index is 11.8. The number of halogens is 3. The van der Waals surface area contributed by atoms with E-state index in [-0.39, 0.29) is 10.9 Å². The van der Waals surface area contributed by atoms with Gasteiger partial charge in [0, 0.05) is 6.07 Å². The fraction of sp³-hybridized carbons (Fsp3) is 0.250. The van der Waals surface area contributed by atoms with Crippen LogP contribution in [0, 0.1) is 0 Å². The summed E-state index contributed by atoms with van der Waals surface area (Å²) in [6, 6.07) is 2.44. The fourth-order valence-electron chi connectivity index (χ4n) is 0.803. The molecule has 0 radical (unpaired) electrons. The van der Waals surface area contributed by atoms with Crippen molar-refractivity contribution in [1.82, 2.24) is 4.98 Å². The molecule has 15 heavy (non-hydrogen) atoms. The molecule has 0 aromatic carbocycles. The Labute approximate surface area is 88.4 Å². The van der Waals surface area contributed by atoms with Gasteiger partial charge in [0.05, 0.1) is 5.02 Å². The van der Waals surface area contributed by atoms with E-state index in [4.69, 9.17) is 16.7 Å². The third-order valence-corrected chi connectivity index (χ3v) is 1.69. The van der Waals surface area contributed by atoms with Gasteiger partial charge in [-0.3, -0.25) is 0 Å². The third kappa shape index (κ3) is 3.32. The van der Waals surface area contributed by atoms with Crippen LogP contribution in [0.15, 0.2) is 12.1 Å². The van der Waals surface area contributed by atoms with Gasteiger partial charge in [-0.1, -0.05) is 11.6 Å². The second-order valence-electron chi connectivity index (χ2n) is 2.49. The summed E-state index contributed by atoms with van der Waals surface area (Å²) < 4.78 is 28.1. The largest absolute Gasteiger partial charge is 0.476 e. The van der Waals surface area contributed by atoms with Gasteiger partial charge in [-0.25, -0.2) is 18.6 Å². The van der Waals surface area contributed by atoms with E-state index in [1.807, 2.05) is 0 Å². The first-order chi connectivity index (χ1) is 7.00. The molecule has 0 fully saturated rings. The SMILES string of the molecule is O=C(O)c1nc(OCC(F)F)ccc1Cl. The van der Waals surface area contributed by atoms with E-state index in [9.17, 15) is 13.6 Å². The van der Waals surface area contributed by atoms with Gasteiger partial charge < -0.3 is 9.84 Å². The van der Waals surface area contributed by atoms with Crippen molar-refractivity contribution >= 4 is 17.6 Å². The zero-order chi connectivity index (χ0) is 11.4. The second-order valence-corrected chi connectivity index (χ2v) is 2.89. The number of pyridine rings is 1. The molecule has 0 aliphatic rings. The van der Waals surface area contributed by atoms with E-state index in [1.165, 1.54) is 12.1 Å². The van der Waals surface area contributed by atoms with Crippen molar-refractivity contribution in [3.05, 3.63) is 22.8 Å². The van der Waals surface area contributed by atoms with Gasteiger partial charge in [0.25, 0.3) is 6.43 Å². The van der Waals surface area contributed by atoms with Crippen LogP contribution in [0.2, 0.25) is 5.02 Å². The first kappa shape index (κ1) is 11.6. The molecule has 0 amide bonds. The van der Waals surface area contributed by atoms with Crippen molar-refractivity contribution in [2.75, 3.05) is 6.61 Å². The number of ether oxygens (including phenoxy) is 1. The van der Waals surface area contributed by atoms with Crippen LogP contribution in [-0.2, 0) is 0 Å². The Morgan fingerprint density at radius 3 is 2.80 bits per heavy atom. The van der Waals surface area contributed by atoms with Crippen molar-refractivity contribution in [3.63, 3.8) is 0 Å². The van der Waals surface area contributed by atoms with Gasteiger partial charge in [0.2, 0.25) is 5.88 Å². The van der Waals surface area contributed by atoms with Crippen molar-refractivity contribution in [2.45, 2.75) is 6.43 Å². The summed E-state index contributed by atoms with van der Waals surface area (Å²) in [6.45, 7) is -0.840. The molecule has 82 valence electrons. The number of rotatable bonds is 4. The molecule has 0 bridgehead atoms. The summed E-state index contributed by atoms with van der Waals surface area (Å²) in [4.78, 5) is 14.0. The third-order valence-electron chi connectivity index (χ3n) is 1.38. The molecule has 0 saturated carbocycles. The van der Waals surface area contributed by atoms with E-state index in [1.54, 1.807) is 0 Å². The van der Waals surface area contributed by atoms with Crippen LogP contribution < -0.4 is 4.74 Å². The number of hydrogen-bond acceptors (Lipinski definition) is 3. The summed E-state index contributed by atoms with van der Waals surface area (Å²) in [5.41, 5.74) is -0.427. The molecule has 0 unspecified atom stereocenters. The zero-order valence-corrected chi connectivity index (χ0v) is 8.04. The number of nitrogens with zero attached hydrogens (tertiary/aromatic N) is 1. The van der Waals surface area contributed by atoms with Crippen LogP contribution in [0.3, 0.4) is 0 Å². The van der Waals surface area contributed by atoms with Crippen molar-refractivity contribution in [3.8, 4) is 5.88 Å².